The lowest BCUT2D eigenvalue weighted by atomic mass is 9.96. The van der Waals surface area contributed by atoms with Gasteiger partial charge in [-0.2, -0.15) is 0 Å². The highest BCUT2D eigenvalue weighted by Gasteiger charge is 2.60. The summed E-state index contributed by atoms with van der Waals surface area (Å²) >= 11 is 0. The van der Waals surface area contributed by atoms with Crippen LogP contribution in [-0.2, 0) is 0 Å². The van der Waals surface area contributed by atoms with Crippen molar-refractivity contribution >= 4 is 0 Å². The summed E-state index contributed by atoms with van der Waals surface area (Å²) in [7, 11) is 0. The lowest BCUT2D eigenvalue weighted by Gasteiger charge is -2.17. The Hall–Kier alpha value is -0.920. The number of allylic oxidation sites excluding steroid dienone is 6. The summed E-state index contributed by atoms with van der Waals surface area (Å²) < 4.78 is 26.7. The number of alkyl halides is 2. The molecule has 0 aromatic carbocycles. The second kappa shape index (κ2) is 1.70. The van der Waals surface area contributed by atoms with Gasteiger partial charge in [-0.05, 0) is 18.4 Å². The Kier molecular flexibility index (Phi) is 0.935. The van der Waals surface area contributed by atoms with E-state index in [0.29, 0.717) is 12.8 Å². The first-order chi connectivity index (χ1) is 5.71. The van der Waals surface area contributed by atoms with Gasteiger partial charge in [-0.25, -0.2) is 8.78 Å². The fourth-order valence-electron chi connectivity index (χ4n) is 2.16. The molecule has 0 spiro atoms. The van der Waals surface area contributed by atoms with E-state index in [1.807, 2.05) is 12.2 Å². The molecule has 62 valence electrons. The zero-order valence-electron chi connectivity index (χ0n) is 6.48. The Morgan fingerprint density at radius 3 is 3.00 bits per heavy atom. The molecule has 0 N–H and O–H groups in total. The number of hydrogen-bond acceptors (Lipinski definition) is 0. The van der Waals surface area contributed by atoms with Crippen LogP contribution in [0.5, 0.6) is 0 Å². The second-order valence-electron chi connectivity index (χ2n) is 3.57. The predicted octanol–water partition coefficient (Wildman–Crippen LogP) is 2.84. The van der Waals surface area contributed by atoms with E-state index in [4.69, 9.17) is 0 Å². The third-order valence-electron chi connectivity index (χ3n) is 2.86. The van der Waals surface area contributed by atoms with Crippen LogP contribution in [0.1, 0.15) is 12.8 Å². The highest BCUT2D eigenvalue weighted by molar-refractivity contribution is 5.62. The molecule has 0 aliphatic heterocycles. The van der Waals surface area contributed by atoms with Crippen molar-refractivity contribution in [3.63, 3.8) is 0 Å². The minimum absolute atomic E-state index is 0.288. The number of rotatable bonds is 0. The van der Waals surface area contributed by atoms with Crippen molar-refractivity contribution < 1.29 is 8.78 Å². The average molecular weight is 166 g/mol. The van der Waals surface area contributed by atoms with Gasteiger partial charge in [-0.15, -0.1) is 0 Å². The summed E-state index contributed by atoms with van der Waals surface area (Å²) in [4.78, 5) is 0. The summed E-state index contributed by atoms with van der Waals surface area (Å²) in [5.41, 5.74) is 2.09. The van der Waals surface area contributed by atoms with Crippen LogP contribution in [0.4, 0.5) is 8.78 Å². The van der Waals surface area contributed by atoms with Gasteiger partial charge in [0, 0.05) is 5.57 Å². The van der Waals surface area contributed by atoms with Crippen molar-refractivity contribution in [3.05, 3.63) is 34.9 Å². The van der Waals surface area contributed by atoms with Gasteiger partial charge in [0.25, 0.3) is 5.92 Å². The smallest absolute Gasteiger partial charge is 0.201 e. The Labute approximate surface area is 69.3 Å². The lowest BCUT2D eigenvalue weighted by molar-refractivity contribution is 0.0294. The van der Waals surface area contributed by atoms with Crippen molar-refractivity contribution in [3.8, 4) is 0 Å². The average Bonchev–Trinajstić information content (AvgIpc) is 2.80. The Morgan fingerprint density at radius 1 is 1.42 bits per heavy atom. The number of fused-ring (bicyclic) bond motifs is 2. The van der Waals surface area contributed by atoms with Gasteiger partial charge in [-0.3, -0.25) is 0 Å². The molecule has 0 aromatic heterocycles. The van der Waals surface area contributed by atoms with E-state index in [0.717, 1.165) is 11.1 Å². The van der Waals surface area contributed by atoms with Gasteiger partial charge in [0.05, 0.1) is 5.92 Å². The van der Waals surface area contributed by atoms with Gasteiger partial charge in [0.2, 0.25) is 0 Å². The molecule has 0 saturated heterocycles. The minimum Gasteiger partial charge on any atom is -0.201 e. The summed E-state index contributed by atoms with van der Waals surface area (Å²) in [6, 6.07) is 0. The topological polar surface area (TPSA) is 0 Å². The summed E-state index contributed by atoms with van der Waals surface area (Å²) in [6.07, 6.45) is 6.74. The van der Waals surface area contributed by atoms with E-state index in [-0.39, 0.29) is 5.57 Å². The maximum absolute atomic E-state index is 13.4. The summed E-state index contributed by atoms with van der Waals surface area (Å²) in [6.45, 7) is 0. The molecule has 1 fully saturated rings. The van der Waals surface area contributed by atoms with Crippen LogP contribution in [0, 0.1) is 5.92 Å². The van der Waals surface area contributed by atoms with E-state index in [2.05, 4.69) is 0 Å². The molecule has 1 atom stereocenters. The lowest BCUT2D eigenvalue weighted by Crippen LogP contribution is -2.20. The van der Waals surface area contributed by atoms with Crippen molar-refractivity contribution in [2.24, 2.45) is 5.92 Å². The minimum atomic E-state index is -2.55. The number of hydrogen-bond donors (Lipinski definition) is 0. The van der Waals surface area contributed by atoms with Crippen LogP contribution in [0.3, 0.4) is 0 Å². The molecule has 1 unspecified atom stereocenters. The molecule has 12 heavy (non-hydrogen) atoms. The van der Waals surface area contributed by atoms with Gasteiger partial charge >= 0.3 is 0 Å². The van der Waals surface area contributed by atoms with Crippen LogP contribution in [-0.4, -0.2) is 5.92 Å². The molecule has 0 bridgehead atoms. The van der Waals surface area contributed by atoms with Gasteiger partial charge in [0.15, 0.2) is 0 Å². The summed E-state index contributed by atoms with van der Waals surface area (Å²) in [5, 5.41) is 0. The molecule has 0 aromatic rings. The highest BCUT2D eigenvalue weighted by Crippen LogP contribution is 2.62. The maximum atomic E-state index is 13.4. The van der Waals surface area contributed by atoms with Gasteiger partial charge < -0.3 is 0 Å². The number of halogens is 2. The Morgan fingerprint density at radius 2 is 2.25 bits per heavy atom. The molecule has 2 heteroatoms. The van der Waals surface area contributed by atoms with Crippen molar-refractivity contribution in [1.82, 2.24) is 0 Å². The van der Waals surface area contributed by atoms with Crippen molar-refractivity contribution in [2.75, 3.05) is 0 Å². The first-order valence-corrected chi connectivity index (χ1v) is 4.19. The normalized spacial score (nSPS) is 34.5. The molecule has 1 saturated carbocycles. The molecule has 0 heterocycles. The van der Waals surface area contributed by atoms with Crippen molar-refractivity contribution in [1.29, 1.82) is 0 Å². The molecule has 3 aliphatic rings. The standard InChI is InChI=1S/C10H8F2/c11-10(12)8-4-2-1-3-6(8)7-5-9(7)10/h1,3-4,9H,2,5H2. The maximum Gasteiger partial charge on any atom is 0.280 e. The monoisotopic (exact) mass is 166 g/mol. The van der Waals surface area contributed by atoms with Crippen LogP contribution in [0.25, 0.3) is 0 Å². The SMILES string of the molecule is FC1(F)C2=CCC=CC2=C2CC21. The van der Waals surface area contributed by atoms with Crippen LogP contribution >= 0.6 is 0 Å². The summed E-state index contributed by atoms with van der Waals surface area (Å²) in [5.74, 6) is -2.99. The zero-order valence-corrected chi connectivity index (χ0v) is 6.48. The molecule has 3 aliphatic carbocycles. The van der Waals surface area contributed by atoms with Crippen LogP contribution < -0.4 is 0 Å². The van der Waals surface area contributed by atoms with Crippen LogP contribution in [0.15, 0.2) is 34.9 Å². The van der Waals surface area contributed by atoms with Crippen molar-refractivity contribution in [2.45, 2.75) is 18.8 Å². The van der Waals surface area contributed by atoms with E-state index in [1.54, 1.807) is 6.08 Å². The molecular formula is C10H8F2. The zero-order chi connectivity index (χ0) is 8.34. The second-order valence-corrected chi connectivity index (χ2v) is 3.57. The van der Waals surface area contributed by atoms with E-state index >= 15 is 0 Å². The van der Waals surface area contributed by atoms with Gasteiger partial charge in [0.1, 0.15) is 0 Å². The first kappa shape index (κ1) is 6.58. The fraction of sp³-hybridized carbons (Fsp3) is 0.400. The molecule has 3 rings (SSSR count). The highest BCUT2D eigenvalue weighted by atomic mass is 19.3. The largest absolute Gasteiger partial charge is 0.280 e. The van der Waals surface area contributed by atoms with E-state index in [9.17, 15) is 8.78 Å². The molecular weight excluding hydrogens is 158 g/mol. The third-order valence-corrected chi connectivity index (χ3v) is 2.86. The Bertz CT molecular complexity index is 345. The third kappa shape index (κ3) is 0.576. The predicted molar refractivity (Wildman–Crippen MR) is 41.9 cm³/mol. The molecule has 0 radical (unpaired) electrons. The Balaban J connectivity index is 2.19. The van der Waals surface area contributed by atoms with Gasteiger partial charge in [-0.1, -0.05) is 23.8 Å². The quantitative estimate of drug-likeness (QED) is 0.519. The fourth-order valence-corrected chi connectivity index (χ4v) is 2.16. The van der Waals surface area contributed by atoms with Crippen LogP contribution in [0.2, 0.25) is 0 Å². The molecule has 0 nitrogen and oxygen atoms in total. The molecule has 0 amide bonds. The van der Waals surface area contributed by atoms with E-state index in [1.165, 1.54) is 0 Å². The first-order valence-electron chi connectivity index (χ1n) is 4.19. The van der Waals surface area contributed by atoms with E-state index < -0.39 is 11.8 Å².